The second-order valence-electron chi connectivity index (χ2n) is 5.66. The van der Waals surface area contributed by atoms with Crippen LogP contribution in [0.25, 0.3) is 10.9 Å². The van der Waals surface area contributed by atoms with Crippen LogP contribution in [0.1, 0.15) is 13.3 Å². The molecule has 5 heteroatoms. The minimum Gasteiger partial charge on any atom is -0.396 e. The first-order valence-electron chi connectivity index (χ1n) is 6.69. The van der Waals surface area contributed by atoms with Gasteiger partial charge in [-0.3, -0.25) is 9.78 Å². The van der Waals surface area contributed by atoms with Crippen LogP contribution in [-0.4, -0.2) is 24.0 Å². The average molecular weight is 270 g/mol. The molecule has 1 aliphatic heterocycles. The molecule has 0 bridgehead atoms. The minimum atomic E-state index is -0.476. The molecule has 0 radical (unpaired) electrons. The summed E-state index contributed by atoms with van der Waals surface area (Å²) in [4.78, 5) is 18.0. The molecular formula is C15H18N4O. The number of pyridine rings is 1. The van der Waals surface area contributed by atoms with Crippen LogP contribution in [-0.2, 0) is 4.79 Å². The van der Waals surface area contributed by atoms with Crippen molar-refractivity contribution < 1.29 is 4.79 Å². The summed E-state index contributed by atoms with van der Waals surface area (Å²) in [6, 6.07) is 7.77. The van der Waals surface area contributed by atoms with Gasteiger partial charge in [-0.05, 0) is 37.6 Å². The standard InChI is InChI=1S/C15H18N4O/c1-15(14(17)20)6-8-19(9-15)12-5-4-11-10(13(12)16)3-2-7-18-11/h2-5,7H,6,8-9,16H2,1H3,(H2,17,20). The number of nitrogen functional groups attached to an aromatic ring is 1. The van der Waals surface area contributed by atoms with Gasteiger partial charge in [0.05, 0.1) is 22.3 Å². The first-order valence-corrected chi connectivity index (χ1v) is 6.69. The average Bonchev–Trinajstić information content (AvgIpc) is 2.83. The monoisotopic (exact) mass is 270 g/mol. The number of aromatic nitrogens is 1. The van der Waals surface area contributed by atoms with Crippen molar-refractivity contribution in [2.45, 2.75) is 13.3 Å². The van der Waals surface area contributed by atoms with Crippen LogP contribution in [0.15, 0.2) is 30.5 Å². The van der Waals surface area contributed by atoms with Gasteiger partial charge in [-0.1, -0.05) is 0 Å². The van der Waals surface area contributed by atoms with Gasteiger partial charge in [0.1, 0.15) is 0 Å². The quantitative estimate of drug-likeness (QED) is 0.810. The molecule has 1 saturated heterocycles. The molecule has 1 aromatic carbocycles. The van der Waals surface area contributed by atoms with Crippen molar-refractivity contribution in [1.82, 2.24) is 4.98 Å². The topological polar surface area (TPSA) is 85.2 Å². The van der Waals surface area contributed by atoms with Crippen LogP contribution in [0.2, 0.25) is 0 Å². The highest BCUT2D eigenvalue weighted by Gasteiger charge is 2.39. The van der Waals surface area contributed by atoms with Gasteiger partial charge in [0.25, 0.3) is 0 Å². The number of primary amides is 1. The lowest BCUT2D eigenvalue weighted by atomic mass is 9.89. The zero-order valence-electron chi connectivity index (χ0n) is 11.5. The van der Waals surface area contributed by atoms with Crippen molar-refractivity contribution in [3.05, 3.63) is 30.5 Å². The molecule has 104 valence electrons. The lowest BCUT2D eigenvalue weighted by Crippen LogP contribution is -2.37. The molecule has 1 atom stereocenters. The van der Waals surface area contributed by atoms with Crippen LogP contribution < -0.4 is 16.4 Å². The summed E-state index contributed by atoms with van der Waals surface area (Å²) in [7, 11) is 0. The van der Waals surface area contributed by atoms with E-state index in [1.54, 1.807) is 6.20 Å². The highest BCUT2D eigenvalue weighted by atomic mass is 16.1. The van der Waals surface area contributed by atoms with E-state index in [-0.39, 0.29) is 5.91 Å². The van der Waals surface area contributed by atoms with Crippen molar-refractivity contribution in [2.24, 2.45) is 11.1 Å². The summed E-state index contributed by atoms with van der Waals surface area (Å²) in [5, 5.41) is 0.942. The Labute approximate surface area is 117 Å². The highest BCUT2D eigenvalue weighted by molar-refractivity contribution is 5.97. The lowest BCUT2D eigenvalue weighted by Gasteiger charge is -2.24. The summed E-state index contributed by atoms with van der Waals surface area (Å²) in [6.07, 6.45) is 2.51. The molecule has 1 unspecified atom stereocenters. The van der Waals surface area contributed by atoms with Gasteiger partial charge in [-0.2, -0.15) is 0 Å². The van der Waals surface area contributed by atoms with Gasteiger partial charge in [0.2, 0.25) is 5.91 Å². The number of carbonyl (C=O) groups excluding carboxylic acids is 1. The number of fused-ring (bicyclic) bond motifs is 1. The second kappa shape index (κ2) is 4.37. The van der Waals surface area contributed by atoms with Gasteiger partial charge in [0.15, 0.2) is 0 Å². The number of nitrogens with two attached hydrogens (primary N) is 2. The fourth-order valence-corrected chi connectivity index (χ4v) is 2.81. The van der Waals surface area contributed by atoms with Crippen LogP contribution in [0, 0.1) is 5.41 Å². The van der Waals surface area contributed by atoms with Crippen molar-refractivity contribution in [3.8, 4) is 0 Å². The number of amides is 1. The maximum Gasteiger partial charge on any atom is 0.225 e. The third-order valence-corrected chi connectivity index (χ3v) is 4.21. The molecule has 1 fully saturated rings. The van der Waals surface area contributed by atoms with Gasteiger partial charge in [-0.25, -0.2) is 0 Å². The van der Waals surface area contributed by atoms with Crippen molar-refractivity contribution >= 4 is 28.2 Å². The Hall–Kier alpha value is -2.30. The molecule has 0 aliphatic carbocycles. The van der Waals surface area contributed by atoms with Gasteiger partial charge >= 0.3 is 0 Å². The van der Waals surface area contributed by atoms with E-state index in [1.807, 2.05) is 31.2 Å². The Morgan fingerprint density at radius 2 is 2.20 bits per heavy atom. The number of hydrogen-bond acceptors (Lipinski definition) is 4. The molecule has 1 aromatic heterocycles. The lowest BCUT2D eigenvalue weighted by molar-refractivity contribution is -0.125. The predicted molar refractivity (Wildman–Crippen MR) is 80.3 cm³/mol. The zero-order valence-corrected chi connectivity index (χ0v) is 11.5. The second-order valence-corrected chi connectivity index (χ2v) is 5.66. The van der Waals surface area contributed by atoms with E-state index in [9.17, 15) is 4.79 Å². The summed E-state index contributed by atoms with van der Waals surface area (Å²) < 4.78 is 0. The van der Waals surface area contributed by atoms with E-state index < -0.39 is 5.41 Å². The Morgan fingerprint density at radius 1 is 1.40 bits per heavy atom. The number of rotatable bonds is 2. The number of carbonyl (C=O) groups is 1. The molecule has 2 heterocycles. The molecule has 4 N–H and O–H groups in total. The van der Waals surface area contributed by atoms with E-state index in [4.69, 9.17) is 11.5 Å². The van der Waals surface area contributed by atoms with Crippen LogP contribution in [0.5, 0.6) is 0 Å². The van der Waals surface area contributed by atoms with E-state index in [1.165, 1.54) is 0 Å². The third-order valence-electron chi connectivity index (χ3n) is 4.21. The molecule has 0 spiro atoms. The largest absolute Gasteiger partial charge is 0.396 e. The molecule has 20 heavy (non-hydrogen) atoms. The number of anilines is 2. The first-order chi connectivity index (χ1) is 9.51. The van der Waals surface area contributed by atoms with E-state index in [0.717, 1.165) is 29.6 Å². The fourth-order valence-electron chi connectivity index (χ4n) is 2.81. The van der Waals surface area contributed by atoms with Crippen molar-refractivity contribution in [1.29, 1.82) is 0 Å². The van der Waals surface area contributed by atoms with Crippen LogP contribution >= 0.6 is 0 Å². The van der Waals surface area contributed by atoms with Gasteiger partial charge in [0, 0.05) is 24.7 Å². The number of benzene rings is 1. The first kappa shape index (κ1) is 12.7. The van der Waals surface area contributed by atoms with Crippen LogP contribution in [0.4, 0.5) is 11.4 Å². The molecule has 1 amide bonds. The third kappa shape index (κ3) is 1.86. The molecule has 3 rings (SSSR count). The molecule has 2 aromatic rings. The SMILES string of the molecule is CC1(C(N)=O)CCN(c2ccc3ncccc3c2N)C1. The Bertz CT molecular complexity index is 685. The summed E-state index contributed by atoms with van der Waals surface area (Å²) in [5.41, 5.74) is 13.8. The Morgan fingerprint density at radius 3 is 2.90 bits per heavy atom. The fraction of sp³-hybridized carbons (Fsp3) is 0.333. The number of nitrogens with zero attached hydrogens (tertiary/aromatic N) is 2. The molecule has 5 nitrogen and oxygen atoms in total. The van der Waals surface area contributed by atoms with Gasteiger partial charge < -0.3 is 16.4 Å². The molecule has 1 aliphatic rings. The Balaban J connectivity index is 2.00. The minimum absolute atomic E-state index is 0.249. The smallest absolute Gasteiger partial charge is 0.225 e. The zero-order chi connectivity index (χ0) is 14.3. The molecular weight excluding hydrogens is 252 g/mol. The maximum absolute atomic E-state index is 11.6. The van der Waals surface area contributed by atoms with Crippen LogP contribution in [0.3, 0.4) is 0 Å². The summed E-state index contributed by atoms with van der Waals surface area (Å²) >= 11 is 0. The summed E-state index contributed by atoms with van der Waals surface area (Å²) in [6.45, 7) is 3.31. The maximum atomic E-state index is 11.6. The predicted octanol–water partition coefficient (Wildman–Crippen LogP) is 1.52. The molecule has 0 saturated carbocycles. The number of hydrogen-bond donors (Lipinski definition) is 2. The van der Waals surface area contributed by atoms with Crippen molar-refractivity contribution in [2.75, 3.05) is 23.7 Å². The highest BCUT2D eigenvalue weighted by Crippen LogP contribution is 2.37. The van der Waals surface area contributed by atoms with Crippen molar-refractivity contribution in [3.63, 3.8) is 0 Å². The van der Waals surface area contributed by atoms with E-state index in [2.05, 4.69) is 9.88 Å². The summed E-state index contributed by atoms with van der Waals surface area (Å²) in [5.74, 6) is -0.249. The normalized spacial score (nSPS) is 22.4. The van der Waals surface area contributed by atoms with E-state index in [0.29, 0.717) is 12.2 Å². The van der Waals surface area contributed by atoms with E-state index >= 15 is 0 Å². The van der Waals surface area contributed by atoms with Gasteiger partial charge in [-0.15, -0.1) is 0 Å². The Kier molecular flexibility index (Phi) is 2.78.